The van der Waals surface area contributed by atoms with Gasteiger partial charge in [0.05, 0.1) is 0 Å². The average Bonchev–Trinajstić information content (AvgIpc) is 3.31. The second-order valence-corrected chi connectivity index (χ2v) is 22.3. The number of hydrogen-bond donors (Lipinski definition) is 0. The molecular formula is C62H120O6. The van der Waals surface area contributed by atoms with Crippen LogP contribution in [0, 0.1) is 11.8 Å². The molecule has 6 nitrogen and oxygen atoms in total. The second-order valence-electron chi connectivity index (χ2n) is 22.3. The van der Waals surface area contributed by atoms with Crippen molar-refractivity contribution in [3.8, 4) is 0 Å². The van der Waals surface area contributed by atoms with Crippen molar-refractivity contribution in [3.05, 3.63) is 0 Å². The lowest BCUT2D eigenvalue weighted by Crippen LogP contribution is -2.30. The molecule has 0 aliphatic carbocycles. The van der Waals surface area contributed by atoms with Crippen molar-refractivity contribution in [2.45, 2.75) is 355 Å². The fourth-order valence-electron chi connectivity index (χ4n) is 9.58. The first-order chi connectivity index (χ1) is 33.2. The molecule has 0 unspecified atom stereocenters. The zero-order chi connectivity index (χ0) is 49.6. The first kappa shape index (κ1) is 66.4. The molecule has 0 fully saturated rings. The Morgan fingerprint density at radius 1 is 0.279 bits per heavy atom. The Labute approximate surface area is 425 Å². The fraction of sp³-hybridized carbons (Fsp3) is 0.952. The van der Waals surface area contributed by atoms with Crippen LogP contribution in [-0.4, -0.2) is 37.2 Å². The Kier molecular flexibility index (Phi) is 53.5. The van der Waals surface area contributed by atoms with Gasteiger partial charge >= 0.3 is 17.9 Å². The number of rotatable bonds is 56. The molecule has 404 valence electrons. The van der Waals surface area contributed by atoms with Crippen LogP contribution in [0.4, 0.5) is 0 Å². The van der Waals surface area contributed by atoms with Gasteiger partial charge < -0.3 is 14.2 Å². The summed E-state index contributed by atoms with van der Waals surface area (Å²) in [5, 5.41) is 0. The lowest BCUT2D eigenvalue weighted by atomic mass is 10.0. The highest BCUT2D eigenvalue weighted by Crippen LogP contribution is 2.19. The number of unbranched alkanes of at least 4 members (excludes halogenated alkanes) is 41. The Balaban J connectivity index is 4.27. The van der Waals surface area contributed by atoms with Crippen LogP contribution < -0.4 is 0 Å². The molecule has 0 bridgehead atoms. The monoisotopic (exact) mass is 961 g/mol. The van der Waals surface area contributed by atoms with E-state index < -0.39 is 6.10 Å². The first-order valence-corrected chi connectivity index (χ1v) is 30.7. The van der Waals surface area contributed by atoms with Gasteiger partial charge in [0.2, 0.25) is 0 Å². The van der Waals surface area contributed by atoms with Gasteiger partial charge in [-0.1, -0.05) is 311 Å². The summed E-state index contributed by atoms with van der Waals surface area (Å²) in [4.78, 5) is 38.2. The predicted molar refractivity (Wildman–Crippen MR) is 293 cm³/mol. The third-order valence-corrected chi connectivity index (χ3v) is 14.2. The summed E-state index contributed by atoms with van der Waals surface area (Å²) < 4.78 is 16.9. The van der Waals surface area contributed by atoms with Crippen molar-refractivity contribution in [2.75, 3.05) is 13.2 Å². The standard InChI is InChI=1S/C62H120O6/c1-6-7-8-9-10-11-12-13-14-15-16-17-18-22-27-32-37-42-47-52-60(63)66-55-59(68-62(65)54-49-44-39-34-29-24-26-31-36-41-46-51-58(4)5)56-67-61(64)53-48-43-38-33-28-23-20-19-21-25-30-35-40-45-50-57(2)3/h57-59H,6-56H2,1-5H3/t59-/m1/s1. The van der Waals surface area contributed by atoms with Crippen molar-refractivity contribution < 1.29 is 28.6 Å². The number of esters is 3. The quantitative estimate of drug-likeness (QED) is 0.0343. The third-order valence-electron chi connectivity index (χ3n) is 14.2. The summed E-state index contributed by atoms with van der Waals surface area (Å²) >= 11 is 0. The Morgan fingerprint density at radius 3 is 0.721 bits per heavy atom. The molecule has 0 aliphatic heterocycles. The van der Waals surface area contributed by atoms with Crippen molar-refractivity contribution in [1.82, 2.24) is 0 Å². The summed E-state index contributed by atoms with van der Waals surface area (Å²) in [5.74, 6) is 0.834. The smallest absolute Gasteiger partial charge is 0.306 e. The summed E-state index contributed by atoms with van der Waals surface area (Å²) in [6, 6.07) is 0. The van der Waals surface area contributed by atoms with Crippen molar-refractivity contribution in [1.29, 1.82) is 0 Å². The van der Waals surface area contributed by atoms with Crippen molar-refractivity contribution in [3.63, 3.8) is 0 Å². The molecule has 0 radical (unpaired) electrons. The minimum Gasteiger partial charge on any atom is -0.462 e. The topological polar surface area (TPSA) is 78.9 Å². The highest BCUT2D eigenvalue weighted by molar-refractivity contribution is 5.71. The lowest BCUT2D eigenvalue weighted by Gasteiger charge is -2.18. The average molecular weight is 962 g/mol. The van der Waals surface area contributed by atoms with E-state index in [-0.39, 0.29) is 31.1 Å². The maximum absolute atomic E-state index is 12.9. The van der Waals surface area contributed by atoms with Gasteiger partial charge in [-0.15, -0.1) is 0 Å². The Hall–Kier alpha value is -1.59. The molecule has 0 saturated heterocycles. The molecule has 0 saturated carbocycles. The van der Waals surface area contributed by atoms with Gasteiger partial charge in [0.1, 0.15) is 13.2 Å². The van der Waals surface area contributed by atoms with Crippen molar-refractivity contribution >= 4 is 17.9 Å². The maximum atomic E-state index is 12.9. The van der Waals surface area contributed by atoms with Crippen LogP contribution in [0.25, 0.3) is 0 Å². The van der Waals surface area contributed by atoms with E-state index in [0.29, 0.717) is 19.3 Å². The molecule has 0 amide bonds. The van der Waals surface area contributed by atoms with E-state index in [9.17, 15) is 14.4 Å². The van der Waals surface area contributed by atoms with Crippen LogP contribution in [0.5, 0.6) is 0 Å². The fourth-order valence-corrected chi connectivity index (χ4v) is 9.58. The number of carbonyl (C=O) groups is 3. The number of hydrogen-bond acceptors (Lipinski definition) is 6. The minimum atomic E-state index is -0.763. The van der Waals surface area contributed by atoms with Gasteiger partial charge in [-0.25, -0.2) is 0 Å². The molecule has 0 spiro atoms. The van der Waals surface area contributed by atoms with Crippen LogP contribution in [0.2, 0.25) is 0 Å². The Morgan fingerprint density at radius 2 is 0.485 bits per heavy atom. The largest absolute Gasteiger partial charge is 0.462 e. The third kappa shape index (κ3) is 55.3. The zero-order valence-electron chi connectivity index (χ0n) is 46.7. The van der Waals surface area contributed by atoms with Gasteiger partial charge in [-0.3, -0.25) is 14.4 Å². The van der Waals surface area contributed by atoms with E-state index in [4.69, 9.17) is 14.2 Å². The Bertz CT molecular complexity index is 1040. The molecular weight excluding hydrogens is 841 g/mol. The summed E-state index contributed by atoms with van der Waals surface area (Å²) in [6.07, 6.45) is 59.6. The highest BCUT2D eigenvalue weighted by Gasteiger charge is 2.19. The second kappa shape index (κ2) is 54.7. The summed E-state index contributed by atoms with van der Waals surface area (Å²) in [5.41, 5.74) is 0. The molecule has 0 heterocycles. The molecule has 6 heteroatoms. The molecule has 68 heavy (non-hydrogen) atoms. The summed E-state index contributed by atoms with van der Waals surface area (Å²) in [6.45, 7) is 11.4. The van der Waals surface area contributed by atoms with E-state index in [2.05, 4.69) is 34.6 Å². The molecule has 1 atom stereocenters. The molecule has 0 rings (SSSR count). The maximum Gasteiger partial charge on any atom is 0.306 e. The van der Waals surface area contributed by atoms with Gasteiger partial charge in [-0.05, 0) is 31.1 Å². The van der Waals surface area contributed by atoms with E-state index in [1.165, 1.54) is 238 Å². The molecule has 0 aromatic heterocycles. The van der Waals surface area contributed by atoms with Crippen LogP contribution in [0.15, 0.2) is 0 Å². The highest BCUT2D eigenvalue weighted by atomic mass is 16.6. The zero-order valence-corrected chi connectivity index (χ0v) is 46.7. The van der Waals surface area contributed by atoms with Gasteiger partial charge in [0.15, 0.2) is 6.10 Å². The molecule has 0 aromatic rings. The molecule has 0 aromatic carbocycles. The number of ether oxygens (including phenoxy) is 3. The summed E-state index contributed by atoms with van der Waals surface area (Å²) in [7, 11) is 0. The number of carbonyl (C=O) groups excluding carboxylic acids is 3. The van der Waals surface area contributed by atoms with Crippen LogP contribution >= 0.6 is 0 Å². The molecule has 0 aliphatic rings. The van der Waals surface area contributed by atoms with E-state index in [1.54, 1.807) is 0 Å². The van der Waals surface area contributed by atoms with Gasteiger partial charge in [0, 0.05) is 19.3 Å². The minimum absolute atomic E-state index is 0.0624. The van der Waals surface area contributed by atoms with E-state index in [1.807, 2.05) is 0 Å². The van der Waals surface area contributed by atoms with Gasteiger partial charge in [0.25, 0.3) is 0 Å². The lowest BCUT2D eigenvalue weighted by molar-refractivity contribution is -0.167. The first-order valence-electron chi connectivity index (χ1n) is 30.7. The van der Waals surface area contributed by atoms with Gasteiger partial charge in [-0.2, -0.15) is 0 Å². The normalized spacial score (nSPS) is 12.0. The van der Waals surface area contributed by atoms with Crippen LogP contribution in [0.1, 0.15) is 349 Å². The molecule has 0 N–H and O–H groups in total. The van der Waals surface area contributed by atoms with Crippen molar-refractivity contribution in [2.24, 2.45) is 11.8 Å². The van der Waals surface area contributed by atoms with E-state index in [0.717, 1.165) is 69.6 Å². The predicted octanol–water partition coefficient (Wildman–Crippen LogP) is 20.4. The van der Waals surface area contributed by atoms with Crippen LogP contribution in [0.3, 0.4) is 0 Å². The SMILES string of the molecule is CCCCCCCCCCCCCCCCCCCCCC(=O)OC[C@H](COC(=O)CCCCCCCCCCCCCCCCC(C)C)OC(=O)CCCCCCCCCCCCCC(C)C. The van der Waals surface area contributed by atoms with E-state index >= 15 is 0 Å². The van der Waals surface area contributed by atoms with Crippen LogP contribution in [-0.2, 0) is 28.6 Å².